The maximum atomic E-state index is 11.3. The second-order valence-corrected chi connectivity index (χ2v) is 8.51. The average molecular weight is 341 g/mol. The molecule has 0 fully saturated rings. The smallest absolute Gasteiger partial charge is 0.151 e. The van der Waals surface area contributed by atoms with E-state index in [1.54, 1.807) is 23.7 Å². The van der Waals surface area contributed by atoms with Crippen molar-refractivity contribution in [2.45, 2.75) is 6.54 Å². The molecule has 0 radical (unpaired) electrons. The molecular weight excluding hydrogens is 328 g/mol. The number of halogens is 1. The van der Waals surface area contributed by atoms with Crippen LogP contribution in [-0.2, 0) is 16.4 Å². The van der Waals surface area contributed by atoms with Crippen LogP contribution in [-0.4, -0.2) is 30.0 Å². The van der Waals surface area contributed by atoms with Crippen molar-refractivity contribution in [2.75, 3.05) is 12.0 Å². The minimum atomic E-state index is -3.01. The number of hydrogen-bond acceptors (Lipinski definition) is 4. The van der Waals surface area contributed by atoms with Crippen LogP contribution in [0.3, 0.4) is 0 Å². The first-order valence-corrected chi connectivity index (χ1v) is 9.57. The molecule has 0 amide bonds. The zero-order valence-electron chi connectivity index (χ0n) is 11.3. The van der Waals surface area contributed by atoms with E-state index in [-0.39, 0.29) is 5.75 Å². The van der Waals surface area contributed by atoms with Gasteiger partial charge in [-0.2, -0.15) is 0 Å². The monoisotopic (exact) mass is 340 g/mol. The molecule has 1 aromatic carbocycles. The van der Waals surface area contributed by atoms with Crippen LogP contribution in [0.4, 0.5) is 0 Å². The third-order valence-corrected chi connectivity index (χ3v) is 5.75. The molecule has 0 N–H and O–H groups in total. The lowest BCUT2D eigenvalue weighted by atomic mass is 10.2. The summed E-state index contributed by atoms with van der Waals surface area (Å²) in [5.74, 6) is 0.795. The molecule has 0 saturated heterocycles. The van der Waals surface area contributed by atoms with E-state index >= 15 is 0 Å². The highest BCUT2D eigenvalue weighted by Gasteiger charge is 2.16. The highest BCUT2D eigenvalue weighted by atomic mass is 35.5. The summed E-state index contributed by atoms with van der Waals surface area (Å²) in [6.07, 6.45) is 4.68. The molecule has 0 unspecified atom stereocenters. The molecule has 0 aliphatic rings. The lowest BCUT2D eigenvalue weighted by Crippen LogP contribution is -2.11. The van der Waals surface area contributed by atoms with Crippen molar-refractivity contribution in [1.82, 2.24) is 9.55 Å². The van der Waals surface area contributed by atoms with Gasteiger partial charge in [0.25, 0.3) is 0 Å². The second kappa shape index (κ2) is 5.44. The summed E-state index contributed by atoms with van der Waals surface area (Å²) in [5.41, 5.74) is 0. The first-order valence-electron chi connectivity index (χ1n) is 6.32. The van der Waals surface area contributed by atoms with Crippen LogP contribution in [0.1, 0.15) is 0 Å². The fourth-order valence-corrected chi connectivity index (χ4v) is 4.18. The predicted molar refractivity (Wildman–Crippen MR) is 87.8 cm³/mol. The molecule has 0 aliphatic heterocycles. The Morgan fingerprint density at radius 2 is 2.10 bits per heavy atom. The summed E-state index contributed by atoms with van der Waals surface area (Å²) in [5, 5.41) is 1.67. The number of fused-ring (bicyclic) bond motifs is 1. The molecule has 0 aliphatic carbocycles. The van der Waals surface area contributed by atoms with Gasteiger partial charge in [0.2, 0.25) is 0 Å². The highest BCUT2D eigenvalue weighted by Crippen LogP contribution is 2.41. The van der Waals surface area contributed by atoms with E-state index in [9.17, 15) is 8.42 Å². The first kappa shape index (κ1) is 14.6. The number of nitrogens with zero attached hydrogens (tertiary/aromatic N) is 2. The zero-order chi connectivity index (χ0) is 15.0. The van der Waals surface area contributed by atoms with Crippen LogP contribution in [0.5, 0.6) is 0 Å². The average Bonchev–Trinajstić information content (AvgIpc) is 3.01. The Labute approximate surface area is 131 Å². The summed E-state index contributed by atoms with van der Waals surface area (Å²) in [7, 11) is -3.01. The molecule has 110 valence electrons. The van der Waals surface area contributed by atoms with Gasteiger partial charge in [0.1, 0.15) is 9.84 Å². The standard InChI is InChI=1S/C14H13ClN2O2S2/c1-21(18,19)9-8-17-7-6-16-14(17)13-12(15)10-4-2-3-5-11(10)20-13/h2-7H,8-9H2,1H3. The molecule has 2 aromatic heterocycles. The Morgan fingerprint density at radius 3 is 2.81 bits per heavy atom. The quantitative estimate of drug-likeness (QED) is 0.730. The fourth-order valence-electron chi connectivity index (χ4n) is 2.12. The Balaban J connectivity index is 2.04. The van der Waals surface area contributed by atoms with Gasteiger partial charge in [0.15, 0.2) is 5.82 Å². The van der Waals surface area contributed by atoms with Crippen LogP contribution >= 0.6 is 22.9 Å². The van der Waals surface area contributed by atoms with Gasteiger partial charge in [-0.05, 0) is 6.07 Å². The minimum Gasteiger partial charge on any atom is -0.329 e. The molecule has 3 aromatic rings. The Kier molecular flexibility index (Phi) is 3.77. The molecule has 7 heteroatoms. The number of rotatable bonds is 4. The van der Waals surface area contributed by atoms with Crippen molar-refractivity contribution in [2.24, 2.45) is 0 Å². The molecular formula is C14H13ClN2O2S2. The van der Waals surface area contributed by atoms with Crippen LogP contribution in [0.15, 0.2) is 36.7 Å². The van der Waals surface area contributed by atoms with Gasteiger partial charge >= 0.3 is 0 Å². The number of sulfone groups is 1. The predicted octanol–water partition coefficient (Wildman–Crippen LogP) is 3.46. The maximum Gasteiger partial charge on any atom is 0.151 e. The van der Waals surface area contributed by atoms with Crippen molar-refractivity contribution in [3.63, 3.8) is 0 Å². The van der Waals surface area contributed by atoms with Gasteiger partial charge in [-0.3, -0.25) is 0 Å². The van der Waals surface area contributed by atoms with Crippen LogP contribution < -0.4 is 0 Å². The van der Waals surface area contributed by atoms with Crippen molar-refractivity contribution < 1.29 is 8.42 Å². The number of imidazole rings is 1. The van der Waals surface area contributed by atoms with Crippen molar-refractivity contribution in [1.29, 1.82) is 0 Å². The molecule has 0 bridgehead atoms. The topological polar surface area (TPSA) is 52.0 Å². The lowest BCUT2D eigenvalue weighted by Gasteiger charge is -2.05. The minimum absolute atomic E-state index is 0.0822. The van der Waals surface area contributed by atoms with Crippen LogP contribution in [0.2, 0.25) is 5.02 Å². The second-order valence-electron chi connectivity index (χ2n) is 4.82. The van der Waals surface area contributed by atoms with Crippen molar-refractivity contribution >= 4 is 42.9 Å². The summed E-state index contributed by atoms with van der Waals surface area (Å²) < 4.78 is 25.6. The van der Waals surface area contributed by atoms with Crippen LogP contribution in [0, 0.1) is 0 Å². The number of benzene rings is 1. The van der Waals surface area contributed by atoms with Crippen LogP contribution in [0.25, 0.3) is 20.8 Å². The summed E-state index contributed by atoms with van der Waals surface area (Å²) in [4.78, 5) is 5.21. The third-order valence-electron chi connectivity index (χ3n) is 3.16. The van der Waals surface area contributed by atoms with E-state index in [0.717, 1.165) is 15.0 Å². The number of aryl methyl sites for hydroxylation is 1. The molecule has 4 nitrogen and oxygen atoms in total. The molecule has 2 heterocycles. The third kappa shape index (κ3) is 2.97. The van der Waals surface area contributed by atoms with E-state index in [2.05, 4.69) is 4.98 Å². The van der Waals surface area contributed by atoms with E-state index in [1.807, 2.05) is 28.8 Å². The Morgan fingerprint density at radius 1 is 1.33 bits per heavy atom. The normalized spacial score (nSPS) is 12.1. The lowest BCUT2D eigenvalue weighted by molar-refractivity contribution is 0.595. The van der Waals surface area contributed by atoms with E-state index in [4.69, 9.17) is 11.6 Å². The zero-order valence-corrected chi connectivity index (χ0v) is 13.7. The van der Waals surface area contributed by atoms with Gasteiger partial charge < -0.3 is 4.57 Å². The molecule has 0 atom stereocenters. The molecule has 0 spiro atoms. The Bertz CT molecular complexity index is 897. The SMILES string of the molecule is CS(=O)(=O)CCn1ccnc1-c1sc2ccccc2c1Cl. The fraction of sp³-hybridized carbons (Fsp3) is 0.214. The molecule has 21 heavy (non-hydrogen) atoms. The number of aromatic nitrogens is 2. The number of thiophene rings is 1. The summed E-state index contributed by atoms with van der Waals surface area (Å²) in [6, 6.07) is 7.90. The van der Waals surface area contributed by atoms with Crippen molar-refractivity contribution in [3.05, 3.63) is 41.7 Å². The summed E-state index contributed by atoms with van der Waals surface area (Å²) >= 11 is 8.01. The van der Waals surface area contributed by atoms with Gasteiger partial charge in [-0.1, -0.05) is 29.8 Å². The van der Waals surface area contributed by atoms with E-state index in [0.29, 0.717) is 17.4 Å². The number of hydrogen-bond donors (Lipinski definition) is 0. The van der Waals surface area contributed by atoms with Gasteiger partial charge in [0.05, 0.1) is 15.7 Å². The van der Waals surface area contributed by atoms with Crippen molar-refractivity contribution in [3.8, 4) is 10.7 Å². The van der Waals surface area contributed by atoms with Gasteiger partial charge in [0, 0.05) is 35.3 Å². The van der Waals surface area contributed by atoms with Gasteiger partial charge in [-0.25, -0.2) is 13.4 Å². The van der Waals surface area contributed by atoms with E-state index in [1.165, 1.54) is 6.26 Å². The molecule has 3 rings (SSSR count). The molecule has 0 saturated carbocycles. The maximum absolute atomic E-state index is 11.3. The van der Waals surface area contributed by atoms with Gasteiger partial charge in [-0.15, -0.1) is 11.3 Å². The summed E-state index contributed by atoms with van der Waals surface area (Å²) in [6.45, 7) is 0.374. The Hall–Kier alpha value is -1.37. The highest BCUT2D eigenvalue weighted by molar-refractivity contribution is 7.90. The largest absolute Gasteiger partial charge is 0.329 e. The first-order chi connectivity index (χ1) is 9.96. The van der Waals surface area contributed by atoms with E-state index < -0.39 is 9.84 Å².